The maximum atomic E-state index is 13.8. The summed E-state index contributed by atoms with van der Waals surface area (Å²) in [7, 11) is 0. The molecule has 236 valence electrons. The Morgan fingerprint density at radius 2 is 1.37 bits per heavy atom. The Hall–Kier alpha value is -3.45. The molecule has 0 N–H and O–H groups in total. The number of nitrogens with zero attached hydrogens (tertiary/aromatic N) is 2. The van der Waals surface area contributed by atoms with Crippen LogP contribution in [0.4, 0.5) is 45.2 Å². The maximum Gasteiger partial charge on any atom is 0.416 e. The van der Waals surface area contributed by atoms with Crippen molar-refractivity contribution in [1.29, 1.82) is 0 Å². The minimum atomic E-state index is -5.13. The summed E-state index contributed by atoms with van der Waals surface area (Å²) in [6.07, 6.45) is -13.8. The Labute approximate surface area is 241 Å². The minimum absolute atomic E-state index is 0.0440. The number of rotatable bonds is 5. The fraction of sp³-hybridized carbons (Fsp3) is 0.517. The fourth-order valence-electron chi connectivity index (χ4n) is 5.08. The van der Waals surface area contributed by atoms with Crippen molar-refractivity contribution >= 4 is 17.6 Å². The van der Waals surface area contributed by atoms with Gasteiger partial charge in [0.2, 0.25) is 5.91 Å². The van der Waals surface area contributed by atoms with Crippen LogP contribution in [-0.2, 0) is 39.5 Å². The molecule has 0 bridgehead atoms. The van der Waals surface area contributed by atoms with Gasteiger partial charge in [0.25, 0.3) is 0 Å². The number of carbonyl (C=O) groups is 2. The van der Waals surface area contributed by atoms with Gasteiger partial charge in [-0.3, -0.25) is 4.79 Å². The normalized spacial score (nSPS) is 19.6. The molecule has 2 aliphatic rings. The quantitative estimate of drug-likeness (QED) is 0.314. The van der Waals surface area contributed by atoms with Crippen molar-refractivity contribution in [2.24, 2.45) is 11.3 Å². The van der Waals surface area contributed by atoms with E-state index >= 15 is 0 Å². The van der Waals surface area contributed by atoms with Crippen LogP contribution in [0, 0.1) is 11.3 Å². The van der Waals surface area contributed by atoms with Crippen molar-refractivity contribution < 1.29 is 53.9 Å². The van der Waals surface area contributed by atoms with E-state index in [-0.39, 0.29) is 29.7 Å². The van der Waals surface area contributed by atoms with Gasteiger partial charge in [0.1, 0.15) is 0 Å². The lowest BCUT2D eigenvalue weighted by Crippen LogP contribution is -2.48. The van der Waals surface area contributed by atoms with E-state index < -0.39 is 76.7 Å². The number of anilines is 1. The van der Waals surface area contributed by atoms with Crippen LogP contribution in [0.3, 0.4) is 0 Å². The van der Waals surface area contributed by atoms with Crippen molar-refractivity contribution in [2.45, 2.75) is 84.1 Å². The van der Waals surface area contributed by atoms with Crippen LogP contribution in [0.2, 0.25) is 0 Å². The van der Waals surface area contributed by atoms with Crippen LogP contribution in [-0.4, -0.2) is 22.8 Å². The van der Waals surface area contributed by atoms with Crippen LogP contribution in [0.1, 0.15) is 80.8 Å². The number of hydroxylamine groups is 1. The van der Waals surface area contributed by atoms with E-state index in [1.807, 2.05) is 0 Å². The van der Waals surface area contributed by atoms with Crippen LogP contribution in [0.15, 0.2) is 36.4 Å². The van der Waals surface area contributed by atoms with Crippen molar-refractivity contribution in [2.75, 3.05) is 5.06 Å². The Morgan fingerprint density at radius 1 is 0.837 bits per heavy atom. The Kier molecular flexibility index (Phi) is 8.24. The molecular formula is C29H29F9N2O3. The molecule has 0 radical (unpaired) electrons. The lowest BCUT2D eigenvalue weighted by atomic mass is 9.87. The molecule has 5 nitrogen and oxygen atoms in total. The van der Waals surface area contributed by atoms with Gasteiger partial charge in [-0.25, -0.2) is 9.86 Å². The number of carbonyl (C=O) groups excluding carboxylic acids is 2. The van der Waals surface area contributed by atoms with Gasteiger partial charge in [-0.15, -0.1) is 0 Å². The first kappa shape index (κ1) is 32.5. The number of hydrogen-bond acceptors (Lipinski definition) is 4. The number of alkyl halides is 9. The summed E-state index contributed by atoms with van der Waals surface area (Å²) in [4.78, 5) is 32.5. The first-order chi connectivity index (χ1) is 19.6. The number of hydrogen-bond donors (Lipinski definition) is 0. The summed E-state index contributed by atoms with van der Waals surface area (Å²) in [6.45, 7) is 5.04. The summed E-state index contributed by atoms with van der Waals surface area (Å²) >= 11 is 0. The first-order valence-corrected chi connectivity index (χ1v) is 13.4. The van der Waals surface area contributed by atoms with Gasteiger partial charge in [0.15, 0.2) is 0 Å². The number of halogens is 9. The van der Waals surface area contributed by atoms with Crippen molar-refractivity contribution in [3.63, 3.8) is 0 Å². The Bertz CT molecular complexity index is 1360. The molecule has 1 amide bonds. The highest BCUT2D eigenvalue weighted by molar-refractivity contribution is 5.78. The van der Waals surface area contributed by atoms with E-state index in [0.717, 1.165) is 30.0 Å². The molecule has 1 aliphatic carbocycles. The maximum absolute atomic E-state index is 13.8. The summed E-state index contributed by atoms with van der Waals surface area (Å²) in [6, 6.07) is 1.77. The summed E-state index contributed by atoms with van der Waals surface area (Å²) in [5.41, 5.74) is -5.81. The third kappa shape index (κ3) is 7.20. The van der Waals surface area contributed by atoms with E-state index in [1.165, 1.54) is 5.06 Å². The van der Waals surface area contributed by atoms with E-state index in [4.69, 9.17) is 4.84 Å². The predicted molar refractivity (Wildman–Crippen MR) is 136 cm³/mol. The van der Waals surface area contributed by atoms with Gasteiger partial charge >= 0.3 is 24.5 Å². The largest absolute Gasteiger partial charge is 0.416 e. The molecule has 2 unspecified atom stereocenters. The molecular weight excluding hydrogens is 595 g/mol. The standard InChI is InChI=1S/C29H29F9N2O3/c1-15(41)39(14-16-9-19(28(33,34)35)11-20(10-16)29(36,37)38)24-13-23(17-5-6-17)40(43-25(42)26(2,3)4)22-8-7-18(12-21(22)24)27(30,31)32/h7-12,17,23-24H,5-6,13-14H2,1-4H3. The Morgan fingerprint density at radius 3 is 1.81 bits per heavy atom. The molecule has 4 rings (SSSR count). The smallest absolute Gasteiger partial charge is 0.340 e. The van der Waals surface area contributed by atoms with Gasteiger partial charge in [0, 0.05) is 19.0 Å². The molecule has 1 fully saturated rings. The molecule has 2 aromatic rings. The predicted octanol–water partition coefficient (Wildman–Crippen LogP) is 8.33. The van der Waals surface area contributed by atoms with Gasteiger partial charge in [0.05, 0.1) is 39.9 Å². The van der Waals surface area contributed by atoms with Crippen molar-refractivity contribution in [3.05, 3.63) is 64.2 Å². The zero-order chi connectivity index (χ0) is 32.3. The Balaban J connectivity index is 1.85. The van der Waals surface area contributed by atoms with E-state index in [2.05, 4.69) is 0 Å². The highest BCUT2D eigenvalue weighted by Crippen LogP contribution is 2.50. The number of fused-ring (bicyclic) bond motifs is 1. The van der Waals surface area contributed by atoms with E-state index in [1.54, 1.807) is 20.8 Å². The summed E-state index contributed by atoms with van der Waals surface area (Å²) in [5, 5.41) is 1.24. The van der Waals surface area contributed by atoms with Crippen LogP contribution in [0.25, 0.3) is 0 Å². The highest BCUT2D eigenvalue weighted by Gasteiger charge is 2.47. The lowest BCUT2D eigenvalue weighted by Gasteiger charge is -2.45. The topological polar surface area (TPSA) is 49.9 Å². The fourth-order valence-corrected chi connectivity index (χ4v) is 5.08. The van der Waals surface area contributed by atoms with E-state index in [0.29, 0.717) is 25.0 Å². The van der Waals surface area contributed by atoms with Gasteiger partial charge in [-0.1, -0.05) is 0 Å². The number of benzene rings is 2. The highest BCUT2D eigenvalue weighted by atomic mass is 19.4. The van der Waals surface area contributed by atoms with Gasteiger partial charge < -0.3 is 9.74 Å². The summed E-state index contributed by atoms with van der Waals surface area (Å²) in [5.74, 6) is -1.53. The molecule has 2 aromatic carbocycles. The zero-order valence-electron chi connectivity index (χ0n) is 23.5. The third-order valence-corrected chi connectivity index (χ3v) is 7.46. The second-order valence-electron chi connectivity index (χ2n) is 11.9. The molecule has 0 saturated heterocycles. The van der Waals surface area contributed by atoms with Crippen LogP contribution >= 0.6 is 0 Å². The zero-order valence-corrected chi connectivity index (χ0v) is 23.5. The second-order valence-corrected chi connectivity index (χ2v) is 11.9. The lowest BCUT2D eigenvalue weighted by molar-refractivity contribution is -0.157. The molecule has 1 heterocycles. The number of amides is 1. The SMILES string of the molecule is CC(=O)N(Cc1cc(C(F)(F)F)cc(C(F)(F)F)c1)C1CC(C2CC2)N(OC(=O)C(C)(C)C)c2ccc(C(F)(F)F)cc21. The minimum Gasteiger partial charge on any atom is -0.340 e. The van der Waals surface area contributed by atoms with E-state index in [9.17, 15) is 49.1 Å². The second kappa shape index (κ2) is 10.9. The average Bonchev–Trinajstić information content (AvgIpc) is 3.70. The molecule has 1 saturated carbocycles. The van der Waals surface area contributed by atoms with Crippen LogP contribution < -0.4 is 5.06 Å². The van der Waals surface area contributed by atoms with Crippen molar-refractivity contribution in [1.82, 2.24) is 4.90 Å². The van der Waals surface area contributed by atoms with Gasteiger partial charge in [-0.2, -0.15) is 39.5 Å². The molecule has 0 aromatic heterocycles. The first-order valence-electron chi connectivity index (χ1n) is 13.4. The third-order valence-electron chi connectivity index (χ3n) is 7.46. The molecule has 1 aliphatic heterocycles. The molecule has 2 atom stereocenters. The molecule has 43 heavy (non-hydrogen) atoms. The van der Waals surface area contributed by atoms with Crippen molar-refractivity contribution in [3.8, 4) is 0 Å². The van der Waals surface area contributed by atoms with Gasteiger partial charge in [-0.05, 0) is 87.9 Å². The monoisotopic (exact) mass is 624 g/mol. The van der Waals surface area contributed by atoms with Crippen LogP contribution in [0.5, 0.6) is 0 Å². The summed E-state index contributed by atoms with van der Waals surface area (Å²) < 4.78 is 122. The molecule has 0 spiro atoms. The molecule has 14 heteroatoms. The average molecular weight is 625 g/mol.